The van der Waals surface area contributed by atoms with Crippen molar-refractivity contribution in [2.75, 3.05) is 6.61 Å². The molecule has 0 N–H and O–H groups in total. The van der Waals surface area contributed by atoms with Crippen molar-refractivity contribution >= 4 is 22.3 Å². The second-order valence-corrected chi connectivity index (χ2v) is 4.24. The summed E-state index contributed by atoms with van der Waals surface area (Å²) in [6.07, 6.45) is 0. The third-order valence-corrected chi connectivity index (χ3v) is 2.85. The van der Waals surface area contributed by atoms with Crippen LogP contribution in [-0.4, -0.2) is 12.6 Å². The van der Waals surface area contributed by atoms with Crippen LogP contribution in [0.5, 0.6) is 0 Å². The summed E-state index contributed by atoms with van der Waals surface area (Å²) in [6.45, 7) is 8.15. The van der Waals surface area contributed by atoms with Gasteiger partial charge in [0, 0.05) is 0 Å². The van der Waals surface area contributed by atoms with E-state index in [0.29, 0.717) is 12.2 Å². The molecule has 0 atom stereocenters. The quantitative estimate of drug-likeness (QED) is 0.756. The zero-order chi connectivity index (χ0) is 13.1. The second-order valence-electron chi connectivity index (χ2n) is 4.24. The van der Waals surface area contributed by atoms with Gasteiger partial charge in [-0.25, -0.2) is 4.79 Å². The number of carbonyl (C=O) groups excluding carboxylic acids is 1. The Morgan fingerprint density at radius 3 is 2.72 bits per heavy atom. The lowest BCUT2D eigenvalue weighted by atomic mass is 9.98. The van der Waals surface area contributed by atoms with Crippen molar-refractivity contribution in [3.8, 4) is 0 Å². The van der Waals surface area contributed by atoms with Crippen LogP contribution in [-0.2, 0) is 4.74 Å². The smallest absolute Gasteiger partial charge is 0.338 e. The molecular formula is C16H16O2. The average molecular weight is 240 g/mol. The third kappa shape index (κ3) is 2.28. The number of ether oxygens (including phenoxy) is 1. The zero-order valence-electron chi connectivity index (χ0n) is 10.7. The van der Waals surface area contributed by atoms with Crippen LogP contribution >= 0.6 is 0 Å². The van der Waals surface area contributed by atoms with Gasteiger partial charge >= 0.3 is 5.97 Å². The van der Waals surface area contributed by atoms with E-state index < -0.39 is 0 Å². The van der Waals surface area contributed by atoms with Gasteiger partial charge in [-0.2, -0.15) is 0 Å². The summed E-state index contributed by atoms with van der Waals surface area (Å²) < 4.78 is 5.00. The summed E-state index contributed by atoms with van der Waals surface area (Å²) in [4.78, 5) is 11.7. The molecule has 0 aliphatic carbocycles. The summed E-state index contributed by atoms with van der Waals surface area (Å²) in [6, 6.07) is 11.6. The molecule has 0 saturated heterocycles. The number of benzene rings is 2. The first-order valence-corrected chi connectivity index (χ1v) is 5.99. The molecule has 0 bridgehead atoms. The number of esters is 1. The molecule has 18 heavy (non-hydrogen) atoms. The SMILES string of the molecule is C=C(C)c1cccc2cc(C(=O)OCC)ccc12. The van der Waals surface area contributed by atoms with Gasteiger partial charge in [0.05, 0.1) is 12.2 Å². The normalized spacial score (nSPS) is 10.3. The lowest BCUT2D eigenvalue weighted by molar-refractivity contribution is 0.0526. The fraction of sp³-hybridized carbons (Fsp3) is 0.188. The van der Waals surface area contributed by atoms with Crippen molar-refractivity contribution in [1.82, 2.24) is 0 Å². The molecule has 0 amide bonds. The molecule has 2 rings (SSSR count). The molecule has 0 spiro atoms. The third-order valence-electron chi connectivity index (χ3n) is 2.85. The minimum absolute atomic E-state index is 0.278. The van der Waals surface area contributed by atoms with Gasteiger partial charge in [0.15, 0.2) is 0 Å². The molecular weight excluding hydrogens is 224 g/mol. The fourth-order valence-corrected chi connectivity index (χ4v) is 2.00. The van der Waals surface area contributed by atoms with Gasteiger partial charge in [-0.15, -0.1) is 0 Å². The van der Waals surface area contributed by atoms with E-state index in [2.05, 4.69) is 6.58 Å². The Hall–Kier alpha value is -2.09. The highest BCUT2D eigenvalue weighted by atomic mass is 16.5. The van der Waals surface area contributed by atoms with Crippen molar-refractivity contribution in [2.45, 2.75) is 13.8 Å². The van der Waals surface area contributed by atoms with Gasteiger partial charge in [-0.1, -0.05) is 36.4 Å². The zero-order valence-corrected chi connectivity index (χ0v) is 10.7. The molecule has 0 aliphatic rings. The minimum atomic E-state index is -0.278. The number of hydrogen-bond donors (Lipinski definition) is 0. The summed E-state index contributed by atoms with van der Waals surface area (Å²) in [5.41, 5.74) is 2.72. The molecule has 92 valence electrons. The number of carbonyl (C=O) groups is 1. The van der Waals surface area contributed by atoms with E-state index in [1.54, 1.807) is 13.0 Å². The van der Waals surface area contributed by atoms with E-state index in [4.69, 9.17) is 4.74 Å². The topological polar surface area (TPSA) is 26.3 Å². The lowest BCUT2D eigenvalue weighted by Gasteiger charge is -2.08. The van der Waals surface area contributed by atoms with E-state index in [1.165, 1.54) is 0 Å². The summed E-state index contributed by atoms with van der Waals surface area (Å²) >= 11 is 0. The van der Waals surface area contributed by atoms with Crippen LogP contribution in [0.3, 0.4) is 0 Å². The highest BCUT2D eigenvalue weighted by Gasteiger charge is 2.08. The Morgan fingerprint density at radius 2 is 2.06 bits per heavy atom. The highest BCUT2D eigenvalue weighted by molar-refractivity contribution is 5.99. The van der Waals surface area contributed by atoms with Crippen molar-refractivity contribution < 1.29 is 9.53 Å². The van der Waals surface area contributed by atoms with Crippen molar-refractivity contribution in [2.24, 2.45) is 0 Å². The maximum atomic E-state index is 11.7. The number of rotatable bonds is 3. The maximum Gasteiger partial charge on any atom is 0.338 e. The number of hydrogen-bond acceptors (Lipinski definition) is 2. The first-order chi connectivity index (χ1) is 8.63. The largest absolute Gasteiger partial charge is 0.462 e. The van der Waals surface area contributed by atoms with Crippen molar-refractivity contribution in [1.29, 1.82) is 0 Å². The first kappa shape index (κ1) is 12.4. The van der Waals surface area contributed by atoms with E-state index in [-0.39, 0.29) is 5.97 Å². The molecule has 2 aromatic carbocycles. The standard InChI is InChI=1S/C16H16O2/c1-4-18-16(17)13-8-9-15-12(10-13)6-5-7-14(15)11(2)3/h5-10H,2,4H2,1,3H3. The molecule has 2 nitrogen and oxygen atoms in total. The molecule has 0 heterocycles. The van der Waals surface area contributed by atoms with Gasteiger partial charge < -0.3 is 4.74 Å². The Bertz CT molecular complexity index is 612. The maximum absolute atomic E-state index is 11.7. The average Bonchev–Trinajstić information content (AvgIpc) is 2.37. The Labute approximate surface area is 107 Å². The molecule has 0 unspecified atom stereocenters. The van der Waals surface area contributed by atoms with Crippen LogP contribution < -0.4 is 0 Å². The predicted octanol–water partition coefficient (Wildman–Crippen LogP) is 4.05. The Kier molecular flexibility index (Phi) is 3.47. The van der Waals surface area contributed by atoms with E-state index in [1.807, 2.05) is 37.3 Å². The van der Waals surface area contributed by atoms with Crippen molar-refractivity contribution in [3.05, 3.63) is 54.1 Å². The van der Waals surface area contributed by atoms with Gasteiger partial charge in [0.2, 0.25) is 0 Å². The molecule has 2 aromatic rings. The van der Waals surface area contributed by atoms with Crippen LogP contribution in [0.15, 0.2) is 43.0 Å². The molecule has 0 aliphatic heterocycles. The van der Waals surface area contributed by atoms with Crippen LogP contribution in [0, 0.1) is 0 Å². The van der Waals surface area contributed by atoms with Crippen LogP contribution in [0.25, 0.3) is 16.3 Å². The van der Waals surface area contributed by atoms with Crippen LogP contribution in [0.1, 0.15) is 29.8 Å². The van der Waals surface area contributed by atoms with Gasteiger partial charge in [-0.05, 0) is 42.3 Å². The van der Waals surface area contributed by atoms with Crippen LogP contribution in [0.2, 0.25) is 0 Å². The van der Waals surface area contributed by atoms with E-state index >= 15 is 0 Å². The lowest BCUT2D eigenvalue weighted by Crippen LogP contribution is -2.04. The molecule has 2 heteroatoms. The van der Waals surface area contributed by atoms with Crippen LogP contribution in [0.4, 0.5) is 0 Å². The first-order valence-electron chi connectivity index (χ1n) is 5.99. The molecule has 0 radical (unpaired) electrons. The second kappa shape index (κ2) is 5.05. The number of allylic oxidation sites excluding steroid dienone is 1. The minimum Gasteiger partial charge on any atom is -0.462 e. The Balaban J connectivity index is 2.53. The Morgan fingerprint density at radius 1 is 1.28 bits per heavy atom. The van der Waals surface area contributed by atoms with E-state index in [0.717, 1.165) is 21.9 Å². The van der Waals surface area contributed by atoms with Crippen molar-refractivity contribution in [3.63, 3.8) is 0 Å². The molecule has 0 aromatic heterocycles. The highest BCUT2D eigenvalue weighted by Crippen LogP contribution is 2.25. The summed E-state index contributed by atoms with van der Waals surface area (Å²) in [5, 5.41) is 2.14. The van der Waals surface area contributed by atoms with Gasteiger partial charge in [-0.3, -0.25) is 0 Å². The summed E-state index contributed by atoms with van der Waals surface area (Å²) in [7, 11) is 0. The molecule has 0 fully saturated rings. The number of fused-ring (bicyclic) bond motifs is 1. The monoisotopic (exact) mass is 240 g/mol. The van der Waals surface area contributed by atoms with Gasteiger partial charge in [0.25, 0.3) is 0 Å². The summed E-state index contributed by atoms with van der Waals surface area (Å²) in [5.74, 6) is -0.278. The molecule has 0 saturated carbocycles. The fourth-order valence-electron chi connectivity index (χ4n) is 2.00. The van der Waals surface area contributed by atoms with E-state index in [9.17, 15) is 4.79 Å². The van der Waals surface area contributed by atoms with Gasteiger partial charge in [0.1, 0.15) is 0 Å². The predicted molar refractivity (Wildman–Crippen MR) is 74.6 cm³/mol.